The molecule has 0 bridgehead atoms. The Bertz CT molecular complexity index is 576. The van der Waals surface area contributed by atoms with Crippen LogP contribution in [0.1, 0.15) is 29.3 Å². The van der Waals surface area contributed by atoms with Gasteiger partial charge in [-0.15, -0.1) is 11.3 Å². The summed E-state index contributed by atoms with van der Waals surface area (Å²) in [6, 6.07) is 6.50. The van der Waals surface area contributed by atoms with Crippen LogP contribution >= 0.6 is 11.3 Å². The maximum atomic E-state index is 12.2. The molecule has 0 aliphatic rings. The normalized spacial score (nSPS) is 12.1. The van der Waals surface area contributed by atoms with Crippen LogP contribution in [0.5, 0.6) is 0 Å². The Hall–Kier alpha value is -2.08. The summed E-state index contributed by atoms with van der Waals surface area (Å²) in [5, 5.41) is 7.51. The molecule has 5 nitrogen and oxygen atoms in total. The average Bonchev–Trinajstić information content (AvgIpc) is 3.13. The standard InChI is InChI=1S/C15H18N2O3S/c1-10(2)13(17-14(18)12-6-3-7-20-12)15(19)16-9-11-5-4-8-21-11/h3-8,10,13H,9H2,1-2H3,(H,16,19)(H,17,18). The Balaban J connectivity index is 1.94. The Morgan fingerprint density at radius 3 is 2.67 bits per heavy atom. The van der Waals surface area contributed by atoms with Crippen LogP contribution < -0.4 is 10.6 Å². The molecule has 6 heteroatoms. The molecule has 0 aromatic carbocycles. The molecule has 0 aliphatic carbocycles. The molecule has 112 valence electrons. The van der Waals surface area contributed by atoms with E-state index >= 15 is 0 Å². The maximum absolute atomic E-state index is 12.2. The van der Waals surface area contributed by atoms with Crippen molar-refractivity contribution in [3.63, 3.8) is 0 Å². The lowest BCUT2D eigenvalue weighted by atomic mass is 10.0. The van der Waals surface area contributed by atoms with E-state index in [4.69, 9.17) is 4.42 Å². The van der Waals surface area contributed by atoms with Gasteiger partial charge in [-0.05, 0) is 29.5 Å². The van der Waals surface area contributed by atoms with Gasteiger partial charge in [0.1, 0.15) is 6.04 Å². The van der Waals surface area contributed by atoms with E-state index in [0.29, 0.717) is 6.54 Å². The second kappa shape index (κ2) is 7.08. The lowest BCUT2D eigenvalue weighted by molar-refractivity contribution is -0.124. The predicted octanol–water partition coefficient (Wildman–Crippen LogP) is 2.41. The monoisotopic (exact) mass is 306 g/mol. The Morgan fingerprint density at radius 2 is 2.10 bits per heavy atom. The highest BCUT2D eigenvalue weighted by Gasteiger charge is 2.25. The molecule has 1 unspecified atom stereocenters. The van der Waals surface area contributed by atoms with Gasteiger partial charge in [0, 0.05) is 4.88 Å². The minimum atomic E-state index is -0.595. The molecule has 0 spiro atoms. The van der Waals surface area contributed by atoms with E-state index in [0.717, 1.165) is 4.88 Å². The van der Waals surface area contributed by atoms with Gasteiger partial charge in [0.25, 0.3) is 5.91 Å². The Labute approximate surface area is 127 Å². The van der Waals surface area contributed by atoms with Gasteiger partial charge in [0.15, 0.2) is 5.76 Å². The van der Waals surface area contributed by atoms with Crippen LogP contribution in [-0.4, -0.2) is 17.9 Å². The summed E-state index contributed by atoms with van der Waals surface area (Å²) < 4.78 is 5.03. The number of furan rings is 1. The first kappa shape index (κ1) is 15.3. The van der Waals surface area contributed by atoms with Crippen LogP contribution in [-0.2, 0) is 11.3 Å². The third-order valence-corrected chi connectivity index (χ3v) is 3.87. The van der Waals surface area contributed by atoms with Crippen molar-refractivity contribution in [2.45, 2.75) is 26.4 Å². The zero-order chi connectivity index (χ0) is 15.2. The van der Waals surface area contributed by atoms with Gasteiger partial charge in [-0.25, -0.2) is 0 Å². The Kier molecular flexibility index (Phi) is 5.16. The van der Waals surface area contributed by atoms with Gasteiger partial charge >= 0.3 is 0 Å². The summed E-state index contributed by atoms with van der Waals surface area (Å²) in [6.45, 7) is 4.24. The van der Waals surface area contributed by atoms with Crippen molar-refractivity contribution < 1.29 is 14.0 Å². The van der Waals surface area contributed by atoms with E-state index in [9.17, 15) is 9.59 Å². The molecule has 2 amide bonds. The third-order valence-electron chi connectivity index (χ3n) is 3.00. The molecule has 2 heterocycles. The molecule has 0 saturated carbocycles. The highest BCUT2D eigenvalue weighted by Crippen LogP contribution is 2.09. The molecule has 2 aromatic heterocycles. The molecule has 2 N–H and O–H groups in total. The molecule has 2 aromatic rings. The molecule has 0 fully saturated rings. The predicted molar refractivity (Wildman–Crippen MR) is 81.0 cm³/mol. The van der Waals surface area contributed by atoms with E-state index in [2.05, 4.69) is 10.6 Å². The van der Waals surface area contributed by atoms with E-state index in [-0.39, 0.29) is 23.5 Å². The van der Waals surface area contributed by atoms with Crippen molar-refractivity contribution in [2.75, 3.05) is 0 Å². The van der Waals surface area contributed by atoms with Crippen molar-refractivity contribution in [1.82, 2.24) is 10.6 Å². The lowest BCUT2D eigenvalue weighted by Gasteiger charge is -2.21. The average molecular weight is 306 g/mol. The van der Waals surface area contributed by atoms with Crippen LogP contribution in [0.25, 0.3) is 0 Å². The van der Waals surface area contributed by atoms with Gasteiger partial charge in [-0.3, -0.25) is 9.59 Å². The SMILES string of the molecule is CC(C)C(NC(=O)c1ccco1)C(=O)NCc1cccs1. The van der Waals surface area contributed by atoms with Gasteiger partial charge in [-0.1, -0.05) is 19.9 Å². The number of rotatable bonds is 6. The first-order valence-electron chi connectivity index (χ1n) is 6.72. The summed E-state index contributed by atoms with van der Waals surface area (Å²) in [5.74, 6) is -0.401. The van der Waals surface area contributed by atoms with Crippen molar-refractivity contribution in [3.8, 4) is 0 Å². The van der Waals surface area contributed by atoms with Crippen molar-refractivity contribution in [1.29, 1.82) is 0 Å². The van der Waals surface area contributed by atoms with Crippen molar-refractivity contribution in [2.24, 2.45) is 5.92 Å². The van der Waals surface area contributed by atoms with E-state index < -0.39 is 6.04 Å². The largest absolute Gasteiger partial charge is 0.459 e. The molecule has 0 radical (unpaired) electrons. The van der Waals surface area contributed by atoms with Crippen LogP contribution in [0.2, 0.25) is 0 Å². The summed E-state index contributed by atoms with van der Waals surface area (Å²) in [4.78, 5) is 25.3. The molecular weight excluding hydrogens is 288 g/mol. The highest BCUT2D eigenvalue weighted by molar-refractivity contribution is 7.09. The highest BCUT2D eigenvalue weighted by atomic mass is 32.1. The Morgan fingerprint density at radius 1 is 1.29 bits per heavy atom. The smallest absolute Gasteiger partial charge is 0.287 e. The molecule has 0 aliphatic heterocycles. The summed E-state index contributed by atoms with van der Waals surface area (Å²) >= 11 is 1.58. The van der Waals surface area contributed by atoms with Crippen LogP contribution in [0, 0.1) is 5.92 Å². The zero-order valence-corrected chi connectivity index (χ0v) is 12.8. The maximum Gasteiger partial charge on any atom is 0.287 e. The van der Waals surface area contributed by atoms with Gasteiger partial charge < -0.3 is 15.1 Å². The topological polar surface area (TPSA) is 71.3 Å². The molecule has 21 heavy (non-hydrogen) atoms. The number of carbonyl (C=O) groups is 2. The van der Waals surface area contributed by atoms with Gasteiger partial charge in [0.05, 0.1) is 12.8 Å². The van der Waals surface area contributed by atoms with Crippen LogP contribution in [0.3, 0.4) is 0 Å². The second-order valence-corrected chi connectivity index (χ2v) is 6.00. The van der Waals surface area contributed by atoms with Crippen LogP contribution in [0.15, 0.2) is 40.3 Å². The second-order valence-electron chi connectivity index (χ2n) is 4.97. The molecule has 0 saturated heterocycles. The number of hydrogen-bond acceptors (Lipinski definition) is 4. The first-order valence-corrected chi connectivity index (χ1v) is 7.60. The molecule has 2 rings (SSSR count). The fraction of sp³-hybridized carbons (Fsp3) is 0.333. The van der Waals surface area contributed by atoms with E-state index in [1.807, 2.05) is 31.4 Å². The molecule has 1 atom stereocenters. The number of nitrogens with one attached hydrogen (secondary N) is 2. The molecular formula is C15H18N2O3S. The first-order chi connectivity index (χ1) is 10.1. The van der Waals surface area contributed by atoms with E-state index in [1.165, 1.54) is 6.26 Å². The fourth-order valence-electron chi connectivity index (χ4n) is 1.85. The third kappa shape index (κ3) is 4.19. The number of amides is 2. The summed E-state index contributed by atoms with van der Waals surface area (Å²) in [7, 11) is 0. The number of carbonyl (C=O) groups excluding carboxylic acids is 2. The van der Waals surface area contributed by atoms with Crippen LogP contribution in [0.4, 0.5) is 0 Å². The fourth-order valence-corrected chi connectivity index (χ4v) is 2.50. The van der Waals surface area contributed by atoms with Crippen molar-refractivity contribution in [3.05, 3.63) is 46.5 Å². The number of hydrogen-bond donors (Lipinski definition) is 2. The summed E-state index contributed by atoms with van der Waals surface area (Å²) in [5.41, 5.74) is 0. The van der Waals surface area contributed by atoms with Gasteiger partial charge in [-0.2, -0.15) is 0 Å². The quantitative estimate of drug-likeness (QED) is 0.861. The zero-order valence-electron chi connectivity index (χ0n) is 12.0. The lowest BCUT2D eigenvalue weighted by Crippen LogP contribution is -2.49. The van der Waals surface area contributed by atoms with Gasteiger partial charge in [0.2, 0.25) is 5.91 Å². The minimum Gasteiger partial charge on any atom is -0.459 e. The van der Waals surface area contributed by atoms with Crippen molar-refractivity contribution >= 4 is 23.2 Å². The summed E-state index contributed by atoms with van der Waals surface area (Å²) in [6.07, 6.45) is 1.43. The van der Waals surface area contributed by atoms with E-state index in [1.54, 1.807) is 23.5 Å². The minimum absolute atomic E-state index is 0.0211. The number of thiophene rings is 1.